The van der Waals surface area contributed by atoms with Crippen molar-refractivity contribution in [2.75, 3.05) is 17.2 Å². The zero-order valence-corrected chi connectivity index (χ0v) is 32.2. The monoisotopic (exact) mass is 709 g/mol. The van der Waals surface area contributed by atoms with Gasteiger partial charge in [-0.05, 0) is 86.1 Å². The summed E-state index contributed by atoms with van der Waals surface area (Å²) in [7, 11) is -8.93. The quantitative estimate of drug-likeness (QED) is 0.101. The van der Waals surface area contributed by atoms with Crippen molar-refractivity contribution in [3.8, 4) is 0 Å². The van der Waals surface area contributed by atoms with Crippen molar-refractivity contribution >= 4 is 43.4 Å². The number of fused-ring (bicyclic) bond motifs is 2. The van der Waals surface area contributed by atoms with Crippen LogP contribution in [0.25, 0.3) is 0 Å². The van der Waals surface area contributed by atoms with E-state index in [0.29, 0.717) is 19.5 Å². The molecule has 1 aromatic heterocycles. The molecule has 1 aromatic carbocycles. The molecule has 4 rings (SSSR count). The number of carbonyl (C=O) groups is 1. The molecule has 11 nitrogen and oxygen atoms in total. The molecule has 0 atom stereocenters. The van der Waals surface area contributed by atoms with Gasteiger partial charge in [0.25, 0.3) is 0 Å². The van der Waals surface area contributed by atoms with E-state index in [4.69, 9.17) is 10.1 Å². The summed E-state index contributed by atoms with van der Waals surface area (Å²) in [6.45, 7) is 9.01. The number of rotatable bonds is 14. The number of allylic oxidation sites excluding steroid dienone is 6. The van der Waals surface area contributed by atoms with Crippen molar-refractivity contribution in [3.05, 3.63) is 83.7 Å². The van der Waals surface area contributed by atoms with E-state index in [9.17, 15) is 30.7 Å². The van der Waals surface area contributed by atoms with E-state index < -0.39 is 42.8 Å². The first-order chi connectivity index (χ1) is 21.4. The average Bonchev–Trinajstić information content (AvgIpc) is 3.33. The van der Waals surface area contributed by atoms with Gasteiger partial charge in [-0.25, -0.2) is 21.4 Å². The van der Waals surface area contributed by atoms with Gasteiger partial charge in [-0.2, -0.15) is 0 Å². The van der Waals surface area contributed by atoms with Gasteiger partial charge in [-0.15, -0.1) is 0 Å². The second kappa shape index (κ2) is 15.7. The minimum Gasteiger partial charge on any atom is -0.748 e. The minimum absolute atomic E-state index is 0. The molecule has 2 aliphatic heterocycles. The zero-order valence-electron chi connectivity index (χ0n) is 27.5. The smallest absolute Gasteiger partial charge is 0.748 e. The number of aliphatic carboxylic acids is 1. The Kier molecular flexibility index (Phi) is 13.2. The van der Waals surface area contributed by atoms with E-state index in [1.54, 1.807) is 6.07 Å². The largest absolute Gasteiger partial charge is 1.00 e. The summed E-state index contributed by atoms with van der Waals surface area (Å²) >= 11 is 0. The molecule has 0 unspecified atom stereocenters. The standard InChI is InChI=1S/C33H41N3O8S2.K/c1-32(2)25-13-11-19-35(20-12-22-45(39,40)41)31(25)34-28(32)14-7-5-8-15-29-33(3,4)26-23-24(46(42,43)44)17-18-27(26)36(29)21-10-6-9-16-30(37)38;/h5,7-8,11,13-15,17-19,23H,6,9-10,12,16,20-22H2,1-4H3,(H2-,37,38,39,40,41,42,43,44);/q;+1/p-1. The SMILES string of the molecule is CC1(C)C(/C=C/C=C/C=C2\N(CCCCCC(=O)O)c3ccc(S(=O)(=O)[O-])cc3C2(C)C)=Nc2c1ccc[n+]2CCCS(=O)(=O)[O-].[K+]. The van der Waals surface area contributed by atoms with Crippen molar-refractivity contribution in [2.45, 2.75) is 82.1 Å². The van der Waals surface area contributed by atoms with Gasteiger partial charge in [0.05, 0.1) is 38.7 Å². The van der Waals surface area contributed by atoms with Crippen LogP contribution in [-0.4, -0.2) is 55.0 Å². The number of benzene rings is 1. The molecule has 0 fully saturated rings. The molecule has 47 heavy (non-hydrogen) atoms. The molecule has 2 aliphatic rings. The summed E-state index contributed by atoms with van der Waals surface area (Å²) in [4.78, 5) is 17.6. The summed E-state index contributed by atoms with van der Waals surface area (Å²) in [6.07, 6.45) is 13.6. The number of nitrogens with zero attached hydrogens (tertiary/aromatic N) is 3. The van der Waals surface area contributed by atoms with E-state index in [1.165, 1.54) is 12.1 Å². The van der Waals surface area contributed by atoms with E-state index in [1.807, 2.05) is 67.1 Å². The molecule has 1 N–H and O–H groups in total. The van der Waals surface area contributed by atoms with Crippen molar-refractivity contribution < 1.29 is 91.8 Å². The minimum atomic E-state index is -4.63. The molecule has 2 aromatic rings. The van der Waals surface area contributed by atoms with E-state index in [2.05, 4.69) is 18.7 Å². The van der Waals surface area contributed by atoms with Crippen molar-refractivity contribution in [1.82, 2.24) is 0 Å². The Morgan fingerprint density at radius 3 is 2.34 bits per heavy atom. The van der Waals surface area contributed by atoms with Gasteiger partial charge in [0.1, 0.15) is 10.1 Å². The van der Waals surface area contributed by atoms with Crippen LogP contribution in [0.1, 0.15) is 70.9 Å². The first-order valence-electron chi connectivity index (χ1n) is 15.1. The summed E-state index contributed by atoms with van der Waals surface area (Å²) in [5.41, 5.74) is 3.26. The van der Waals surface area contributed by atoms with Gasteiger partial charge < -0.3 is 19.1 Å². The maximum Gasteiger partial charge on any atom is 1.00 e. The molecule has 0 spiro atoms. The number of hydrogen-bond donors (Lipinski definition) is 1. The van der Waals surface area contributed by atoms with Crippen LogP contribution in [0.2, 0.25) is 0 Å². The fraction of sp³-hybridized carbons (Fsp3) is 0.424. The first-order valence-corrected chi connectivity index (χ1v) is 18.1. The Balaban J connectivity index is 0.00000600. The number of aliphatic imine (C=N–C) groups is 1. The predicted molar refractivity (Wildman–Crippen MR) is 173 cm³/mol. The Hall–Kier alpha value is -2.01. The van der Waals surface area contributed by atoms with Gasteiger partial charge in [0, 0.05) is 35.5 Å². The molecule has 0 amide bonds. The van der Waals surface area contributed by atoms with Gasteiger partial charge >= 0.3 is 63.2 Å². The average molecular weight is 710 g/mol. The molecule has 0 saturated carbocycles. The predicted octanol–water partition coefficient (Wildman–Crippen LogP) is 1.62. The Morgan fingerprint density at radius 1 is 0.957 bits per heavy atom. The van der Waals surface area contributed by atoms with Crippen molar-refractivity contribution in [1.29, 1.82) is 0 Å². The number of carboxylic acid groups (broad SMARTS) is 1. The van der Waals surface area contributed by atoms with Crippen LogP contribution in [0.5, 0.6) is 0 Å². The summed E-state index contributed by atoms with van der Waals surface area (Å²) < 4.78 is 70.4. The van der Waals surface area contributed by atoms with E-state index >= 15 is 0 Å². The second-order valence-corrected chi connectivity index (χ2v) is 15.5. The first kappa shape index (κ1) is 39.4. The third kappa shape index (κ3) is 9.58. The Morgan fingerprint density at radius 2 is 1.68 bits per heavy atom. The summed E-state index contributed by atoms with van der Waals surface area (Å²) in [5.74, 6) is -0.543. The maximum atomic E-state index is 11.8. The third-order valence-corrected chi connectivity index (χ3v) is 10.1. The number of unbranched alkanes of at least 4 members (excludes halogenated alkanes) is 2. The van der Waals surface area contributed by atoms with Gasteiger partial charge in [-0.3, -0.25) is 4.79 Å². The maximum absolute atomic E-state index is 11.8. The number of hydrogen-bond acceptors (Lipinski definition) is 9. The number of pyridine rings is 1. The van der Waals surface area contributed by atoms with Crippen LogP contribution in [0, 0.1) is 0 Å². The normalized spacial score (nSPS) is 17.6. The summed E-state index contributed by atoms with van der Waals surface area (Å²) in [5, 5.41) is 8.97. The molecular formula is C33H40KN3O8S2. The van der Waals surface area contributed by atoms with E-state index in [0.717, 1.165) is 46.9 Å². The number of aryl methyl sites for hydroxylation is 1. The Labute approximate surface area is 320 Å². The molecule has 0 radical (unpaired) electrons. The zero-order chi connectivity index (χ0) is 33.9. The second-order valence-electron chi connectivity index (χ2n) is 12.6. The van der Waals surface area contributed by atoms with Crippen LogP contribution in [0.3, 0.4) is 0 Å². The summed E-state index contributed by atoms with van der Waals surface area (Å²) in [6, 6.07) is 8.31. The van der Waals surface area contributed by atoms with Crippen molar-refractivity contribution in [3.63, 3.8) is 0 Å². The third-order valence-electron chi connectivity index (χ3n) is 8.53. The van der Waals surface area contributed by atoms with Crippen LogP contribution >= 0.6 is 0 Å². The number of anilines is 1. The van der Waals surface area contributed by atoms with Crippen molar-refractivity contribution in [2.24, 2.45) is 4.99 Å². The molecule has 3 heterocycles. The van der Waals surface area contributed by atoms with Crippen LogP contribution in [-0.2, 0) is 42.4 Å². The van der Waals surface area contributed by atoms with E-state index in [-0.39, 0.29) is 69.1 Å². The van der Waals surface area contributed by atoms with Crippen LogP contribution < -0.4 is 60.9 Å². The topological polar surface area (TPSA) is 171 Å². The van der Waals surface area contributed by atoms with Crippen LogP contribution in [0.4, 0.5) is 11.5 Å². The van der Waals surface area contributed by atoms with Crippen LogP contribution in [0.15, 0.2) is 82.5 Å². The molecule has 0 saturated heterocycles. The molecule has 14 heteroatoms. The van der Waals surface area contributed by atoms with Gasteiger partial charge in [0.15, 0.2) is 5.71 Å². The molecule has 248 valence electrons. The molecule has 0 bridgehead atoms. The fourth-order valence-electron chi connectivity index (χ4n) is 6.02. The van der Waals surface area contributed by atoms with Gasteiger partial charge in [0.2, 0.25) is 0 Å². The molecule has 0 aliphatic carbocycles. The number of aromatic nitrogens is 1. The fourth-order valence-corrected chi connectivity index (χ4v) is 7.00. The number of carboxylic acids is 1. The molecular weight excluding hydrogens is 670 g/mol. The van der Waals surface area contributed by atoms with Gasteiger partial charge in [-0.1, -0.05) is 38.5 Å². The Bertz CT molecular complexity index is 1850.